The van der Waals surface area contributed by atoms with E-state index in [1.54, 1.807) is 17.7 Å². The number of carbonyl (C=O) groups is 2. The molecular weight excluding hydrogens is 520 g/mol. The van der Waals surface area contributed by atoms with Gasteiger partial charge in [-0.1, -0.05) is 23.7 Å². The number of fused-ring (bicyclic) bond motifs is 1. The molecule has 0 unspecified atom stereocenters. The van der Waals surface area contributed by atoms with Crippen LogP contribution in [0, 0.1) is 0 Å². The van der Waals surface area contributed by atoms with Crippen LogP contribution in [0.1, 0.15) is 22.1 Å². The van der Waals surface area contributed by atoms with Gasteiger partial charge < -0.3 is 29.9 Å². The first kappa shape index (κ1) is 26.9. The maximum Gasteiger partial charge on any atom is 0.319 e. The first-order valence-electron chi connectivity index (χ1n) is 11.7. The first-order chi connectivity index (χ1) is 17.5. The van der Waals surface area contributed by atoms with Crippen LogP contribution < -0.4 is 10.2 Å². The van der Waals surface area contributed by atoms with E-state index in [-0.39, 0.29) is 4.90 Å². The van der Waals surface area contributed by atoms with Crippen molar-refractivity contribution in [1.82, 2.24) is 14.8 Å². The summed E-state index contributed by atoms with van der Waals surface area (Å²) >= 11 is 6.60. The van der Waals surface area contributed by atoms with Crippen LogP contribution in [0.2, 0.25) is 5.02 Å². The number of nitrogens with one attached hydrogen (secondary N) is 1. The van der Waals surface area contributed by atoms with Crippen molar-refractivity contribution in [1.29, 1.82) is 0 Å². The molecule has 0 saturated carbocycles. The maximum atomic E-state index is 13.2. The molecule has 3 N–H and O–H groups in total. The van der Waals surface area contributed by atoms with Crippen molar-refractivity contribution in [2.45, 2.75) is 10.9 Å². The van der Waals surface area contributed by atoms with Gasteiger partial charge in [-0.15, -0.1) is 0 Å². The number of hydrogen-bond donors (Lipinski definition) is 3. The number of aliphatic carboxylic acids is 1. The van der Waals surface area contributed by atoms with E-state index < -0.39 is 40.1 Å². The third-order valence-electron chi connectivity index (χ3n) is 6.64. The van der Waals surface area contributed by atoms with Gasteiger partial charge in [0.25, 0.3) is 5.91 Å². The number of aryl methyl sites for hydroxylation is 1. The number of carbonyl (C=O) groups excluding carboxylic acids is 1. The van der Waals surface area contributed by atoms with Gasteiger partial charge in [0, 0.05) is 44.3 Å². The van der Waals surface area contributed by atoms with Crippen molar-refractivity contribution in [3.63, 3.8) is 0 Å². The van der Waals surface area contributed by atoms with Gasteiger partial charge in [0.05, 0.1) is 28.1 Å². The van der Waals surface area contributed by atoms with E-state index in [0.29, 0.717) is 16.3 Å². The molecule has 1 saturated heterocycles. The van der Waals surface area contributed by atoms with Crippen LogP contribution in [0.3, 0.4) is 0 Å². The lowest BCUT2D eigenvalue weighted by atomic mass is 10.1. The van der Waals surface area contributed by atoms with Gasteiger partial charge in [0.2, 0.25) is 0 Å². The normalized spacial score (nSPS) is 15.6. The summed E-state index contributed by atoms with van der Waals surface area (Å²) in [5, 5.41) is 22.8. The Kier molecular flexibility index (Phi) is 7.79. The number of anilines is 1. The fourth-order valence-corrected chi connectivity index (χ4v) is 5.76. The van der Waals surface area contributed by atoms with Gasteiger partial charge in [-0.3, -0.25) is 9.59 Å². The highest BCUT2D eigenvalue weighted by atomic mass is 35.5. The predicted octanol–water partition coefficient (Wildman–Crippen LogP) is 1.91. The number of hydrogen-bond acceptors (Lipinski definition) is 7. The number of aliphatic hydroxyl groups excluding tert-OH is 1. The minimum absolute atomic E-state index is 0.152. The Bertz CT molecular complexity index is 1430. The quantitative estimate of drug-likeness (QED) is 0.389. The van der Waals surface area contributed by atoms with Crippen LogP contribution in [0.25, 0.3) is 10.9 Å². The molecule has 1 amide bonds. The zero-order valence-electron chi connectivity index (χ0n) is 20.5. The Balaban J connectivity index is 1.56. The van der Waals surface area contributed by atoms with E-state index in [2.05, 4.69) is 22.2 Å². The summed E-state index contributed by atoms with van der Waals surface area (Å²) < 4.78 is 26.0. The van der Waals surface area contributed by atoms with E-state index in [9.17, 15) is 23.1 Å². The van der Waals surface area contributed by atoms with Crippen molar-refractivity contribution < 1.29 is 28.2 Å². The average Bonchev–Trinajstić information content (AvgIpc) is 3.19. The Morgan fingerprint density at radius 3 is 2.30 bits per heavy atom. The third kappa shape index (κ3) is 5.74. The van der Waals surface area contributed by atoms with Crippen molar-refractivity contribution in [2.75, 3.05) is 50.5 Å². The Hall–Kier alpha value is -3.12. The third-order valence-corrected chi connectivity index (χ3v) is 8.57. The van der Waals surface area contributed by atoms with Crippen LogP contribution in [0.4, 0.5) is 5.69 Å². The van der Waals surface area contributed by atoms with Crippen molar-refractivity contribution in [3.8, 4) is 0 Å². The molecule has 0 spiro atoms. The van der Waals surface area contributed by atoms with Gasteiger partial charge in [0.15, 0.2) is 15.6 Å². The van der Waals surface area contributed by atoms with Crippen molar-refractivity contribution in [2.24, 2.45) is 7.05 Å². The molecule has 10 nitrogen and oxygen atoms in total. The average molecular weight is 549 g/mol. The highest BCUT2D eigenvalue weighted by molar-refractivity contribution is 7.92. The van der Waals surface area contributed by atoms with Crippen LogP contribution in [-0.4, -0.2) is 85.6 Å². The van der Waals surface area contributed by atoms with E-state index in [0.717, 1.165) is 42.8 Å². The maximum absolute atomic E-state index is 13.2. The molecule has 0 aliphatic carbocycles. The van der Waals surface area contributed by atoms with Crippen molar-refractivity contribution >= 4 is 49.9 Å². The zero-order chi connectivity index (χ0) is 26.9. The SMILES string of the molecule is CN1CCN(c2cc(Cl)c3cc(C(=O)N[C@H](CO)c4ccc(S(=O)(=O)CC(=O)O)cc4)n(C)c3c2)CC1. The van der Waals surface area contributed by atoms with E-state index in [1.165, 1.54) is 24.3 Å². The fourth-order valence-electron chi connectivity index (χ4n) is 4.46. The molecule has 1 aliphatic rings. The number of nitrogens with zero attached hydrogens (tertiary/aromatic N) is 3. The molecule has 2 aromatic carbocycles. The van der Waals surface area contributed by atoms with E-state index in [1.807, 2.05) is 12.1 Å². The number of sulfone groups is 1. The number of carboxylic acids is 1. The molecule has 37 heavy (non-hydrogen) atoms. The number of likely N-dealkylation sites (N-methyl/N-ethyl adjacent to an activating group) is 1. The highest BCUT2D eigenvalue weighted by Gasteiger charge is 2.23. The number of piperazine rings is 1. The summed E-state index contributed by atoms with van der Waals surface area (Å²) in [4.78, 5) is 28.4. The molecule has 4 rings (SSSR count). The molecule has 1 fully saturated rings. The lowest BCUT2D eigenvalue weighted by Gasteiger charge is -2.34. The smallest absolute Gasteiger partial charge is 0.319 e. The molecule has 3 aromatic rings. The second-order valence-electron chi connectivity index (χ2n) is 9.17. The zero-order valence-corrected chi connectivity index (χ0v) is 22.1. The number of aliphatic hydroxyl groups is 1. The Morgan fingerprint density at radius 1 is 1.05 bits per heavy atom. The van der Waals surface area contributed by atoms with Crippen molar-refractivity contribution in [3.05, 3.63) is 58.7 Å². The minimum Gasteiger partial charge on any atom is -0.480 e. The number of carboxylic acid groups (broad SMARTS) is 1. The number of benzene rings is 2. The number of halogens is 1. The summed E-state index contributed by atoms with van der Waals surface area (Å²) in [6.45, 7) is 3.23. The van der Waals surface area contributed by atoms with E-state index >= 15 is 0 Å². The molecule has 1 atom stereocenters. The fraction of sp³-hybridized carbons (Fsp3) is 0.360. The monoisotopic (exact) mass is 548 g/mol. The van der Waals surface area contributed by atoms with Crippen LogP contribution in [0.15, 0.2) is 47.4 Å². The number of amides is 1. The van der Waals surface area contributed by atoms with Crippen LogP contribution >= 0.6 is 11.6 Å². The molecule has 198 valence electrons. The molecule has 1 aromatic heterocycles. The van der Waals surface area contributed by atoms with Gasteiger partial charge in [-0.05, 0) is 42.9 Å². The van der Waals surface area contributed by atoms with Gasteiger partial charge in [-0.2, -0.15) is 0 Å². The first-order valence-corrected chi connectivity index (χ1v) is 13.7. The predicted molar refractivity (Wildman–Crippen MR) is 141 cm³/mol. The Morgan fingerprint density at radius 2 is 1.70 bits per heavy atom. The standard InChI is InChI=1S/C25H29ClN4O6S/c1-28-7-9-30(10-8-28)17-11-20(26)19-13-23(29(2)22(19)12-17)25(34)27-21(14-31)16-3-5-18(6-4-16)37(35,36)15-24(32)33/h3-6,11-13,21,31H,7-10,14-15H2,1-2H3,(H,27,34)(H,32,33)/t21-/m1/s1. The van der Waals surface area contributed by atoms with Crippen LogP contribution in [0.5, 0.6) is 0 Å². The largest absolute Gasteiger partial charge is 0.480 e. The number of rotatable bonds is 8. The second kappa shape index (κ2) is 10.7. The lowest BCUT2D eigenvalue weighted by Crippen LogP contribution is -2.44. The Labute approximate surface area is 220 Å². The summed E-state index contributed by atoms with van der Waals surface area (Å²) in [5.41, 5.74) is 2.62. The highest BCUT2D eigenvalue weighted by Crippen LogP contribution is 2.32. The molecular formula is C25H29ClN4O6S. The molecule has 0 radical (unpaired) electrons. The van der Waals surface area contributed by atoms with Gasteiger partial charge >= 0.3 is 5.97 Å². The summed E-state index contributed by atoms with van der Waals surface area (Å²) in [7, 11) is -0.121. The van der Waals surface area contributed by atoms with E-state index in [4.69, 9.17) is 16.7 Å². The minimum atomic E-state index is -3.98. The lowest BCUT2D eigenvalue weighted by molar-refractivity contribution is -0.134. The van der Waals surface area contributed by atoms with Gasteiger partial charge in [-0.25, -0.2) is 8.42 Å². The molecule has 0 bridgehead atoms. The number of aromatic nitrogens is 1. The summed E-state index contributed by atoms with van der Waals surface area (Å²) in [6, 6.07) is 10.2. The topological polar surface area (TPSA) is 132 Å². The van der Waals surface area contributed by atoms with Gasteiger partial charge in [0.1, 0.15) is 5.69 Å². The molecule has 1 aliphatic heterocycles. The molecule has 2 heterocycles. The summed E-state index contributed by atoms with van der Waals surface area (Å²) in [6.07, 6.45) is 0. The summed E-state index contributed by atoms with van der Waals surface area (Å²) in [5.74, 6) is -2.90. The van der Waals surface area contributed by atoms with Crippen LogP contribution in [-0.2, 0) is 21.7 Å². The second-order valence-corrected chi connectivity index (χ2v) is 11.6. The molecule has 12 heteroatoms.